The molecule has 0 fully saturated rings. The first kappa shape index (κ1) is 14.5. The lowest BCUT2D eigenvalue weighted by atomic mass is 10.2. The van der Waals surface area contributed by atoms with Gasteiger partial charge in [-0.15, -0.1) is 0 Å². The highest BCUT2D eigenvalue weighted by Crippen LogP contribution is 2.12. The topological polar surface area (TPSA) is 56.7 Å². The van der Waals surface area contributed by atoms with Gasteiger partial charge < -0.3 is 5.73 Å². The molecule has 1 aromatic rings. The molecule has 2 N–H and O–H groups in total. The van der Waals surface area contributed by atoms with Crippen molar-refractivity contribution in [3.8, 4) is 0 Å². The molecule has 0 aliphatic rings. The molecule has 1 heterocycles. The Balaban J connectivity index is 2.39. The molecule has 17 heavy (non-hydrogen) atoms. The lowest BCUT2D eigenvalue weighted by Crippen LogP contribution is -2.28. The van der Waals surface area contributed by atoms with E-state index >= 15 is 0 Å². The molecular formula is C12H24N4S. The van der Waals surface area contributed by atoms with Crippen LogP contribution in [0.2, 0.25) is 0 Å². The Bertz CT molecular complexity index is 322. The molecule has 0 saturated carbocycles. The Hall–Kier alpha value is -0.550. The van der Waals surface area contributed by atoms with Gasteiger partial charge in [0.1, 0.15) is 12.2 Å². The quantitative estimate of drug-likeness (QED) is 0.812. The summed E-state index contributed by atoms with van der Waals surface area (Å²) in [5, 5.41) is 4.22. The van der Waals surface area contributed by atoms with Crippen LogP contribution < -0.4 is 5.73 Å². The van der Waals surface area contributed by atoms with Crippen LogP contribution in [0.15, 0.2) is 6.33 Å². The van der Waals surface area contributed by atoms with Gasteiger partial charge in [0.25, 0.3) is 0 Å². The first-order valence-electron chi connectivity index (χ1n) is 6.22. The third kappa shape index (κ3) is 5.08. The van der Waals surface area contributed by atoms with E-state index in [0.29, 0.717) is 6.04 Å². The molecule has 1 aromatic heterocycles. The van der Waals surface area contributed by atoms with Gasteiger partial charge >= 0.3 is 0 Å². The van der Waals surface area contributed by atoms with Crippen molar-refractivity contribution < 1.29 is 0 Å². The molecule has 5 heteroatoms. The molecule has 0 aliphatic heterocycles. The Morgan fingerprint density at radius 2 is 2.00 bits per heavy atom. The predicted octanol–water partition coefficient (Wildman–Crippen LogP) is 2.12. The van der Waals surface area contributed by atoms with Gasteiger partial charge in [-0.25, -0.2) is 9.67 Å². The van der Waals surface area contributed by atoms with Crippen LogP contribution >= 0.6 is 11.8 Å². The summed E-state index contributed by atoms with van der Waals surface area (Å²) < 4.78 is 1.95. The smallest absolute Gasteiger partial charge is 0.138 e. The van der Waals surface area contributed by atoms with Crippen molar-refractivity contribution in [1.82, 2.24) is 14.8 Å². The first-order valence-corrected chi connectivity index (χ1v) is 7.37. The normalized spacial score (nSPS) is 13.6. The van der Waals surface area contributed by atoms with E-state index in [1.54, 1.807) is 6.33 Å². The standard InChI is InChI=1S/C12H24N4S/c1-9(2)6-17-7-11(13)5-12-14-8-15-16(12)10(3)4/h8-11H,5-7,13H2,1-4H3. The van der Waals surface area contributed by atoms with E-state index in [4.69, 9.17) is 5.73 Å². The minimum Gasteiger partial charge on any atom is -0.327 e. The van der Waals surface area contributed by atoms with Gasteiger partial charge in [0.15, 0.2) is 0 Å². The molecule has 98 valence electrons. The van der Waals surface area contributed by atoms with Gasteiger partial charge in [0.2, 0.25) is 0 Å². The molecular weight excluding hydrogens is 232 g/mol. The highest BCUT2D eigenvalue weighted by Gasteiger charge is 2.12. The molecule has 0 spiro atoms. The lowest BCUT2D eigenvalue weighted by Gasteiger charge is -2.14. The molecule has 0 radical (unpaired) electrons. The van der Waals surface area contributed by atoms with Crippen molar-refractivity contribution in [3.05, 3.63) is 12.2 Å². The average Bonchev–Trinajstić information content (AvgIpc) is 2.65. The summed E-state index contributed by atoms with van der Waals surface area (Å²) in [4.78, 5) is 4.28. The summed E-state index contributed by atoms with van der Waals surface area (Å²) in [7, 11) is 0. The van der Waals surface area contributed by atoms with E-state index in [-0.39, 0.29) is 6.04 Å². The van der Waals surface area contributed by atoms with Crippen LogP contribution in [0.1, 0.15) is 39.6 Å². The maximum atomic E-state index is 6.12. The van der Waals surface area contributed by atoms with Crippen LogP contribution in [0, 0.1) is 5.92 Å². The van der Waals surface area contributed by atoms with Crippen LogP contribution in [0.5, 0.6) is 0 Å². The second kappa shape index (κ2) is 7.01. The number of aromatic nitrogens is 3. The first-order chi connectivity index (χ1) is 8.00. The monoisotopic (exact) mass is 256 g/mol. The molecule has 0 bridgehead atoms. The SMILES string of the molecule is CC(C)CSCC(N)Cc1ncnn1C(C)C. The minimum atomic E-state index is 0.167. The van der Waals surface area contributed by atoms with Crippen molar-refractivity contribution in [3.63, 3.8) is 0 Å². The zero-order chi connectivity index (χ0) is 12.8. The van der Waals surface area contributed by atoms with E-state index in [2.05, 4.69) is 37.8 Å². The summed E-state index contributed by atoms with van der Waals surface area (Å²) >= 11 is 1.92. The third-order valence-corrected chi connectivity index (χ3v) is 3.93. The number of thioether (sulfide) groups is 1. The van der Waals surface area contributed by atoms with E-state index in [0.717, 1.165) is 23.9 Å². The third-order valence-electron chi connectivity index (χ3n) is 2.36. The van der Waals surface area contributed by atoms with Crippen LogP contribution in [0.3, 0.4) is 0 Å². The Kier molecular flexibility index (Phi) is 5.98. The summed E-state index contributed by atoms with van der Waals surface area (Å²) in [6, 6.07) is 0.517. The van der Waals surface area contributed by atoms with E-state index in [1.165, 1.54) is 5.75 Å². The molecule has 0 amide bonds. The molecule has 4 nitrogen and oxygen atoms in total. The van der Waals surface area contributed by atoms with E-state index in [9.17, 15) is 0 Å². The average molecular weight is 256 g/mol. The summed E-state index contributed by atoms with van der Waals surface area (Å²) in [5.41, 5.74) is 6.12. The van der Waals surface area contributed by atoms with Crippen molar-refractivity contribution >= 4 is 11.8 Å². The number of nitrogens with zero attached hydrogens (tertiary/aromatic N) is 3. The molecule has 1 rings (SSSR count). The fraction of sp³-hybridized carbons (Fsp3) is 0.833. The zero-order valence-electron chi connectivity index (χ0n) is 11.3. The number of rotatable bonds is 7. The lowest BCUT2D eigenvalue weighted by molar-refractivity contribution is 0.496. The highest BCUT2D eigenvalue weighted by molar-refractivity contribution is 7.99. The Morgan fingerprint density at radius 3 is 2.59 bits per heavy atom. The highest BCUT2D eigenvalue weighted by atomic mass is 32.2. The van der Waals surface area contributed by atoms with Crippen molar-refractivity contribution in [2.24, 2.45) is 11.7 Å². The molecule has 1 unspecified atom stereocenters. The van der Waals surface area contributed by atoms with Gasteiger partial charge in [-0.2, -0.15) is 16.9 Å². The summed E-state index contributed by atoms with van der Waals surface area (Å²) in [6.45, 7) is 8.68. The Morgan fingerprint density at radius 1 is 1.29 bits per heavy atom. The van der Waals surface area contributed by atoms with Crippen molar-refractivity contribution in [1.29, 1.82) is 0 Å². The molecule has 0 saturated heterocycles. The van der Waals surface area contributed by atoms with Crippen LogP contribution in [0.25, 0.3) is 0 Å². The number of hydrogen-bond acceptors (Lipinski definition) is 4. The van der Waals surface area contributed by atoms with Crippen LogP contribution in [-0.4, -0.2) is 32.3 Å². The maximum Gasteiger partial charge on any atom is 0.138 e. The van der Waals surface area contributed by atoms with Gasteiger partial charge in [-0.05, 0) is 25.5 Å². The number of nitrogens with two attached hydrogens (primary N) is 1. The second-order valence-electron chi connectivity index (χ2n) is 5.11. The number of hydrogen-bond donors (Lipinski definition) is 1. The second-order valence-corrected chi connectivity index (χ2v) is 6.19. The van der Waals surface area contributed by atoms with E-state index in [1.807, 2.05) is 16.4 Å². The van der Waals surface area contributed by atoms with E-state index < -0.39 is 0 Å². The summed E-state index contributed by atoms with van der Waals surface area (Å²) in [5.74, 6) is 3.89. The fourth-order valence-corrected chi connectivity index (χ4v) is 2.63. The fourth-order valence-electron chi connectivity index (χ4n) is 1.60. The minimum absolute atomic E-state index is 0.167. The van der Waals surface area contributed by atoms with Crippen molar-refractivity contribution in [2.75, 3.05) is 11.5 Å². The molecule has 0 aliphatic carbocycles. The van der Waals surface area contributed by atoms with Crippen molar-refractivity contribution in [2.45, 2.75) is 46.2 Å². The zero-order valence-corrected chi connectivity index (χ0v) is 12.1. The van der Waals surface area contributed by atoms with Gasteiger partial charge in [0.05, 0.1) is 0 Å². The summed E-state index contributed by atoms with van der Waals surface area (Å²) in [6.07, 6.45) is 2.42. The predicted molar refractivity (Wildman–Crippen MR) is 74.2 cm³/mol. The van der Waals surface area contributed by atoms with Gasteiger partial charge in [-0.1, -0.05) is 13.8 Å². The molecule has 1 atom stereocenters. The largest absolute Gasteiger partial charge is 0.327 e. The van der Waals surface area contributed by atoms with Crippen LogP contribution in [0.4, 0.5) is 0 Å². The van der Waals surface area contributed by atoms with Gasteiger partial charge in [0, 0.05) is 24.3 Å². The van der Waals surface area contributed by atoms with Crippen LogP contribution in [-0.2, 0) is 6.42 Å². The maximum absolute atomic E-state index is 6.12. The van der Waals surface area contributed by atoms with Gasteiger partial charge in [-0.3, -0.25) is 0 Å². The molecule has 0 aromatic carbocycles. The Labute approximate surface area is 108 Å².